The summed E-state index contributed by atoms with van der Waals surface area (Å²) in [5.41, 5.74) is 7.03. The number of nitrogen functional groups attached to an aromatic ring is 1. The van der Waals surface area contributed by atoms with Gasteiger partial charge in [0.15, 0.2) is 11.6 Å². The molecule has 0 amide bonds. The maximum Gasteiger partial charge on any atom is 0.160 e. The molecule has 4 nitrogen and oxygen atoms in total. The number of nitrogens with two attached hydrogens (primary N) is 1. The number of H-pyrrole nitrogens is 1. The molecule has 2 rings (SSSR count). The quantitative estimate of drug-likeness (QED) is 0.642. The number of aromatic amines is 1. The molecule has 4 heteroatoms. The van der Waals surface area contributed by atoms with Gasteiger partial charge in [-0.1, -0.05) is 12.1 Å². The van der Waals surface area contributed by atoms with Gasteiger partial charge in [0.25, 0.3) is 0 Å². The van der Waals surface area contributed by atoms with Crippen LogP contribution < -0.4 is 5.73 Å². The lowest BCUT2D eigenvalue weighted by atomic mass is 10.1. The van der Waals surface area contributed by atoms with Crippen molar-refractivity contribution in [3.05, 3.63) is 23.8 Å². The van der Waals surface area contributed by atoms with Gasteiger partial charge in [0, 0.05) is 5.56 Å². The molecule has 3 N–H and O–H groups in total. The Morgan fingerprint density at radius 2 is 2.31 bits per heavy atom. The predicted molar refractivity (Wildman–Crippen MR) is 50.5 cm³/mol. The average Bonchev–Trinajstić information content (AvgIpc) is 2.48. The molecule has 0 atom stereocenters. The van der Waals surface area contributed by atoms with Crippen molar-refractivity contribution in [2.45, 2.75) is 6.92 Å². The third-order valence-electron chi connectivity index (χ3n) is 2.00. The Morgan fingerprint density at radius 1 is 1.54 bits per heavy atom. The summed E-state index contributed by atoms with van der Waals surface area (Å²) in [4.78, 5) is 11.2. The van der Waals surface area contributed by atoms with Gasteiger partial charge in [-0.15, -0.1) is 0 Å². The van der Waals surface area contributed by atoms with E-state index in [1.54, 1.807) is 12.1 Å². The smallest absolute Gasteiger partial charge is 0.160 e. The number of ketones is 1. The normalized spacial score (nSPS) is 10.5. The summed E-state index contributed by atoms with van der Waals surface area (Å²) in [5, 5.41) is 7.31. The lowest BCUT2D eigenvalue weighted by Crippen LogP contribution is -1.94. The molecular formula is C9H9N3O. The molecule has 0 aliphatic rings. The number of hydrogen-bond donors (Lipinski definition) is 2. The molecule has 1 aromatic heterocycles. The van der Waals surface area contributed by atoms with E-state index >= 15 is 0 Å². The predicted octanol–water partition coefficient (Wildman–Crippen LogP) is 1.35. The highest BCUT2D eigenvalue weighted by Crippen LogP contribution is 2.22. The van der Waals surface area contributed by atoms with Crippen LogP contribution in [-0.2, 0) is 0 Å². The zero-order valence-corrected chi connectivity index (χ0v) is 7.16. The van der Waals surface area contributed by atoms with Crippen LogP contribution in [0.2, 0.25) is 0 Å². The second-order valence-corrected chi connectivity index (χ2v) is 2.89. The number of Topliss-reactive ketones (excluding diaryl/α,β-unsaturated/α-hetero) is 1. The highest BCUT2D eigenvalue weighted by Gasteiger charge is 2.09. The molecule has 0 bridgehead atoms. The summed E-state index contributed by atoms with van der Waals surface area (Å²) in [6.07, 6.45) is 0. The Hall–Kier alpha value is -1.84. The zero-order valence-electron chi connectivity index (χ0n) is 7.16. The first-order chi connectivity index (χ1) is 6.20. The number of carbonyl (C=O) groups is 1. The van der Waals surface area contributed by atoms with Crippen LogP contribution >= 0.6 is 0 Å². The minimum Gasteiger partial charge on any atom is -0.382 e. The first-order valence-corrected chi connectivity index (χ1v) is 3.93. The van der Waals surface area contributed by atoms with Crippen molar-refractivity contribution in [3.63, 3.8) is 0 Å². The van der Waals surface area contributed by atoms with Crippen molar-refractivity contribution >= 4 is 22.5 Å². The summed E-state index contributed by atoms with van der Waals surface area (Å²) >= 11 is 0. The van der Waals surface area contributed by atoms with Gasteiger partial charge in [0.05, 0.1) is 10.9 Å². The Morgan fingerprint density at radius 3 is 3.00 bits per heavy atom. The molecule has 0 saturated carbocycles. The fraction of sp³-hybridized carbons (Fsp3) is 0.111. The van der Waals surface area contributed by atoms with Crippen LogP contribution in [0.25, 0.3) is 10.9 Å². The molecule has 0 spiro atoms. The lowest BCUT2D eigenvalue weighted by molar-refractivity contribution is 0.101. The lowest BCUT2D eigenvalue weighted by Gasteiger charge is -1.97. The fourth-order valence-electron chi connectivity index (χ4n) is 1.39. The topological polar surface area (TPSA) is 71.8 Å². The molecule has 1 aromatic carbocycles. The maximum absolute atomic E-state index is 11.2. The van der Waals surface area contributed by atoms with Gasteiger partial charge in [-0.05, 0) is 13.0 Å². The van der Waals surface area contributed by atoms with Gasteiger partial charge in [-0.2, -0.15) is 5.10 Å². The second-order valence-electron chi connectivity index (χ2n) is 2.89. The van der Waals surface area contributed by atoms with E-state index in [1.165, 1.54) is 6.92 Å². The largest absolute Gasteiger partial charge is 0.382 e. The number of benzene rings is 1. The van der Waals surface area contributed by atoms with Gasteiger partial charge >= 0.3 is 0 Å². The molecule has 0 saturated heterocycles. The summed E-state index contributed by atoms with van der Waals surface area (Å²) in [6, 6.07) is 5.39. The SMILES string of the molecule is CC(=O)c1cccc2[nH]nc(N)c12. The van der Waals surface area contributed by atoms with Crippen LogP contribution in [0.4, 0.5) is 5.82 Å². The standard InChI is InChI=1S/C9H9N3O/c1-5(13)6-3-2-4-7-8(6)9(10)12-11-7/h2-4H,1H3,(H3,10,11,12). The fourth-order valence-corrected chi connectivity index (χ4v) is 1.39. The van der Waals surface area contributed by atoms with Crippen molar-refractivity contribution in [2.24, 2.45) is 0 Å². The van der Waals surface area contributed by atoms with Crippen molar-refractivity contribution in [1.29, 1.82) is 0 Å². The van der Waals surface area contributed by atoms with Crippen LogP contribution in [0, 0.1) is 0 Å². The molecular weight excluding hydrogens is 166 g/mol. The van der Waals surface area contributed by atoms with Gasteiger partial charge in [0.1, 0.15) is 0 Å². The molecule has 2 aromatic rings. The average molecular weight is 175 g/mol. The van der Waals surface area contributed by atoms with Gasteiger partial charge in [-0.3, -0.25) is 9.89 Å². The van der Waals surface area contributed by atoms with E-state index in [-0.39, 0.29) is 5.78 Å². The maximum atomic E-state index is 11.2. The van der Waals surface area contributed by atoms with Crippen LogP contribution in [0.3, 0.4) is 0 Å². The van der Waals surface area contributed by atoms with E-state index in [9.17, 15) is 4.79 Å². The summed E-state index contributed by atoms with van der Waals surface area (Å²) in [5.74, 6) is 0.375. The molecule has 0 unspecified atom stereocenters. The molecule has 0 aliphatic heterocycles. The number of aromatic nitrogens is 2. The number of hydrogen-bond acceptors (Lipinski definition) is 3. The van der Waals surface area contributed by atoms with E-state index in [4.69, 9.17) is 5.73 Å². The van der Waals surface area contributed by atoms with Crippen LogP contribution in [0.1, 0.15) is 17.3 Å². The van der Waals surface area contributed by atoms with Gasteiger partial charge in [-0.25, -0.2) is 0 Å². The number of anilines is 1. The Labute approximate surface area is 74.7 Å². The highest BCUT2D eigenvalue weighted by atomic mass is 16.1. The van der Waals surface area contributed by atoms with Gasteiger partial charge < -0.3 is 5.73 Å². The van der Waals surface area contributed by atoms with Gasteiger partial charge in [0.2, 0.25) is 0 Å². The number of carbonyl (C=O) groups excluding carboxylic acids is 1. The summed E-state index contributed by atoms with van der Waals surface area (Å²) in [6.45, 7) is 1.52. The monoisotopic (exact) mass is 175 g/mol. The van der Waals surface area contributed by atoms with Crippen LogP contribution in [0.15, 0.2) is 18.2 Å². The Balaban J connectivity index is 2.88. The molecule has 1 heterocycles. The second kappa shape index (κ2) is 2.58. The van der Waals surface area contributed by atoms with E-state index < -0.39 is 0 Å². The van der Waals surface area contributed by atoms with E-state index in [0.29, 0.717) is 11.4 Å². The molecule has 0 aliphatic carbocycles. The number of nitrogens with one attached hydrogen (secondary N) is 1. The number of nitrogens with zero attached hydrogens (tertiary/aromatic N) is 1. The third kappa shape index (κ3) is 1.07. The van der Waals surface area contributed by atoms with Crippen LogP contribution in [-0.4, -0.2) is 16.0 Å². The first-order valence-electron chi connectivity index (χ1n) is 3.93. The molecule has 0 fully saturated rings. The van der Waals surface area contributed by atoms with E-state index in [0.717, 1.165) is 10.9 Å². The Kier molecular flexibility index (Phi) is 1.55. The highest BCUT2D eigenvalue weighted by molar-refractivity contribution is 6.09. The van der Waals surface area contributed by atoms with E-state index in [1.807, 2.05) is 6.07 Å². The minimum atomic E-state index is -0.00120. The Bertz CT molecular complexity index is 473. The minimum absolute atomic E-state index is 0.00120. The van der Waals surface area contributed by atoms with Crippen molar-refractivity contribution in [2.75, 3.05) is 5.73 Å². The van der Waals surface area contributed by atoms with Crippen LogP contribution in [0.5, 0.6) is 0 Å². The zero-order chi connectivity index (χ0) is 9.42. The third-order valence-corrected chi connectivity index (χ3v) is 2.00. The number of rotatable bonds is 1. The van der Waals surface area contributed by atoms with E-state index in [2.05, 4.69) is 10.2 Å². The summed E-state index contributed by atoms with van der Waals surface area (Å²) < 4.78 is 0. The molecule has 13 heavy (non-hydrogen) atoms. The van der Waals surface area contributed by atoms with Crippen molar-refractivity contribution < 1.29 is 4.79 Å². The number of fused-ring (bicyclic) bond motifs is 1. The first kappa shape index (κ1) is 7.79. The molecule has 66 valence electrons. The van der Waals surface area contributed by atoms with Crippen molar-refractivity contribution in [3.8, 4) is 0 Å². The summed E-state index contributed by atoms with van der Waals surface area (Å²) in [7, 11) is 0. The molecule has 0 radical (unpaired) electrons. The van der Waals surface area contributed by atoms with Crippen molar-refractivity contribution in [1.82, 2.24) is 10.2 Å².